The Hall–Kier alpha value is -3.46. The highest BCUT2D eigenvalue weighted by molar-refractivity contribution is 7.07. The molecule has 3 heterocycles. The van der Waals surface area contributed by atoms with E-state index in [-0.39, 0.29) is 17.7 Å². The van der Waals surface area contributed by atoms with Crippen LogP contribution < -0.4 is 14.9 Å². The molecule has 0 aliphatic carbocycles. The van der Waals surface area contributed by atoms with E-state index in [1.54, 1.807) is 62.4 Å². The first-order chi connectivity index (χ1) is 17.8. The zero-order valence-corrected chi connectivity index (χ0v) is 22.0. The van der Waals surface area contributed by atoms with Gasteiger partial charge in [0, 0.05) is 16.7 Å². The third-order valence-electron chi connectivity index (χ3n) is 5.80. The molecule has 2 aromatic heterocycles. The van der Waals surface area contributed by atoms with Gasteiger partial charge in [0.05, 0.1) is 33.5 Å². The summed E-state index contributed by atoms with van der Waals surface area (Å²) in [5, 5.41) is 0.948. The van der Waals surface area contributed by atoms with Crippen molar-refractivity contribution in [3.8, 4) is 11.3 Å². The third kappa shape index (κ3) is 4.80. The number of hydrogen-bond donors (Lipinski definition) is 0. The molecule has 0 unspecified atom stereocenters. The van der Waals surface area contributed by atoms with Crippen LogP contribution in [0.5, 0.6) is 0 Å². The van der Waals surface area contributed by atoms with E-state index in [4.69, 9.17) is 32.4 Å². The van der Waals surface area contributed by atoms with E-state index in [9.17, 15) is 14.0 Å². The number of furan rings is 1. The predicted octanol–water partition coefficient (Wildman–Crippen LogP) is 5.50. The second-order valence-electron chi connectivity index (χ2n) is 8.18. The lowest BCUT2D eigenvalue weighted by molar-refractivity contribution is -0.139. The fourth-order valence-corrected chi connectivity index (χ4v) is 5.67. The first kappa shape index (κ1) is 25.2. The van der Waals surface area contributed by atoms with Crippen LogP contribution in [-0.2, 0) is 9.53 Å². The van der Waals surface area contributed by atoms with Crippen molar-refractivity contribution < 1.29 is 18.3 Å². The minimum Gasteiger partial charge on any atom is -0.463 e. The number of allylic oxidation sites excluding steroid dienone is 1. The molecule has 0 bridgehead atoms. The average molecular weight is 557 g/mol. The molecule has 4 aromatic rings. The van der Waals surface area contributed by atoms with Crippen LogP contribution in [0, 0.1) is 5.82 Å². The number of halogens is 3. The average Bonchev–Trinajstić information content (AvgIpc) is 3.43. The summed E-state index contributed by atoms with van der Waals surface area (Å²) in [4.78, 5) is 31.5. The SMILES string of the molecule is CCOC(=O)C1=C(C)N=c2s/c(=C\c3ccc(-c4ccc(Cl)cc4Cl)o3)c(=O)n2[C@H]1c1ccc(F)cc1. The molecule has 6 nitrogen and oxygen atoms in total. The number of ether oxygens (including phenoxy) is 1. The van der Waals surface area contributed by atoms with Gasteiger partial charge >= 0.3 is 5.97 Å². The summed E-state index contributed by atoms with van der Waals surface area (Å²) in [6, 6.07) is 13.4. The molecule has 5 rings (SSSR count). The Labute approximate surface area is 224 Å². The number of benzene rings is 2. The van der Waals surface area contributed by atoms with Gasteiger partial charge in [-0.2, -0.15) is 0 Å². The molecular formula is C27H19Cl2FN2O4S. The van der Waals surface area contributed by atoms with Crippen molar-refractivity contribution >= 4 is 46.6 Å². The molecule has 0 N–H and O–H groups in total. The van der Waals surface area contributed by atoms with E-state index in [1.807, 2.05) is 0 Å². The molecule has 2 aromatic carbocycles. The van der Waals surface area contributed by atoms with Crippen molar-refractivity contribution in [2.24, 2.45) is 4.99 Å². The number of nitrogens with zero attached hydrogens (tertiary/aromatic N) is 2. The number of carbonyl (C=O) groups is 1. The first-order valence-electron chi connectivity index (χ1n) is 11.3. The predicted molar refractivity (Wildman–Crippen MR) is 141 cm³/mol. The van der Waals surface area contributed by atoms with Gasteiger partial charge in [0.2, 0.25) is 0 Å². The van der Waals surface area contributed by atoms with E-state index < -0.39 is 17.8 Å². The highest BCUT2D eigenvalue weighted by atomic mass is 35.5. The summed E-state index contributed by atoms with van der Waals surface area (Å²) < 4.78 is 26.7. The number of rotatable bonds is 5. The summed E-state index contributed by atoms with van der Waals surface area (Å²) in [5.41, 5.74) is 1.51. The second kappa shape index (κ2) is 10.1. The van der Waals surface area contributed by atoms with Crippen LogP contribution in [0.3, 0.4) is 0 Å². The lowest BCUT2D eigenvalue weighted by Crippen LogP contribution is -2.39. The number of esters is 1. The van der Waals surface area contributed by atoms with Crippen molar-refractivity contribution in [3.05, 3.63) is 113 Å². The molecule has 0 saturated carbocycles. The molecule has 1 aliphatic heterocycles. The van der Waals surface area contributed by atoms with Crippen LogP contribution in [0.25, 0.3) is 17.4 Å². The van der Waals surface area contributed by atoms with Crippen molar-refractivity contribution in [3.63, 3.8) is 0 Å². The fraction of sp³-hybridized carbons (Fsp3) is 0.148. The van der Waals surface area contributed by atoms with Gasteiger partial charge in [-0.25, -0.2) is 14.2 Å². The number of carbonyl (C=O) groups excluding carboxylic acids is 1. The van der Waals surface area contributed by atoms with Gasteiger partial charge in [0.25, 0.3) is 5.56 Å². The quantitative estimate of drug-likeness (QED) is 0.304. The Balaban J connectivity index is 1.63. The zero-order chi connectivity index (χ0) is 26.3. The van der Waals surface area contributed by atoms with Crippen LogP contribution in [0.2, 0.25) is 10.0 Å². The molecule has 188 valence electrons. The molecule has 37 heavy (non-hydrogen) atoms. The van der Waals surface area contributed by atoms with E-state index in [0.29, 0.717) is 47.7 Å². The summed E-state index contributed by atoms with van der Waals surface area (Å²) in [7, 11) is 0. The van der Waals surface area contributed by atoms with E-state index in [0.717, 1.165) is 11.3 Å². The molecule has 1 aliphatic rings. The van der Waals surface area contributed by atoms with E-state index >= 15 is 0 Å². The van der Waals surface area contributed by atoms with Gasteiger partial charge in [-0.05, 0) is 61.9 Å². The lowest BCUT2D eigenvalue weighted by atomic mass is 9.96. The summed E-state index contributed by atoms with van der Waals surface area (Å²) in [6.45, 7) is 3.55. The van der Waals surface area contributed by atoms with Gasteiger partial charge < -0.3 is 9.15 Å². The van der Waals surface area contributed by atoms with Crippen molar-refractivity contribution in [2.75, 3.05) is 6.61 Å². The Morgan fingerprint density at radius 2 is 1.95 bits per heavy atom. The second-order valence-corrected chi connectivity index (χ2v) is 10.0. The molecule has 0 fully saturated rings. The minimum atomic E-state index is -0.821. The van der Waals surface area contributed by atoms with Crippen molar-refractivity contribution in [1.82, 2.24) is 4.57 Å². The van der Waals surface area contributed by atoms with E-state index in [2.05, 4.69) is 4.99 Å². The lowest BCUT2D eigenvalue weighted by Gasteiger charge is -2.24. The molecule has 0 saturated heterocycles. The van der Waals surface area contributed by atoms with Gasteiger partial charge in [-0.3, -0.25) is 9.36 Å². The summed E-state index contributed by atoms with van der Waals surface area (Å²) >= 11 is 13.5. The van der Waals surface area contributed by atoms with Gasteiger partial charge in [0.1, 0.15) is 17.3 Å². The smallest absolute Gasteiger partial charge is 0.338 e. The number of aromatic nitrogens is 1. The van der Waals surface area contributed by atoms with Gasteiger partial charge in [-0.15, -0.1) is 0 Å². The Morgan fingerprint density at radius 1 is 1.19 bits per heavy atom. The normalized spacial score (nSPS) is 15.5. The van der Waals surface area contributed by atoms with Crippen molar-refractivity contribution in [1.29, 1.82) is 0 Å². The molecule has 10 heteroatoms. The minimum absolute atomic E-state index is 0.161. The highest BCUT2D eigenvalue weighted by Gasteiger charge is 2.33. The molecular weight excluding hydrogens is 538 g/mol. The van der Waals surface area contributed by atoms with E-state index in [1.165, 1.54) is 16.7 Å². The Kier molecular flexibility index (Phi) is 6.90. The monoisotopic (exact) mass is 556 g/mol. The topological polar surface area (TPSA) is 73.8 Å². The fourth-order valence-electron chi connectivity index (χ4n) is 4.15. The molecule has 0 spiro atoms. The van der Waals surface area contributed by atoms with Gasteiger partial charge in [0.15, 0.2) is 4.80 Å². The highest BCUT2D eigenvalue weighted by Crippen LogP contribution is 2.32. The Bertz CT molecular complexity index is 1730. The number of fused-ring (bicyclic) bond motifs is 1. The van der Waals surface area contributed by atoms with Crippen LogP contribution in [0.15, 0.2) is 80.1 Å². The van der Waals surface area contributed by atoms with Gasteiger partial charge in [-0.1, -0.05) is 46.7 Å². The summed E-state index contributed by atoms with van der Waals surface area (Å²) in [5.74, 6) is -0.0527. The molecule has 0 amide bonds. The maximum absolute atomic E-state index is 13.7. The number of thiazole rings is 1. The van der Waals surface area contributed by atoms with Crippen LogP contribution in [0.1, 0.15) is 31.2 Å². The molecule has 0 radical (unpaired) electrons. The summed E-state index contributed by atoms with van der Waals surface area (Å²) in [6.07, 6.45) is 1.61. The Morgan fingerprint density at radius 3 is 2.65 bits per heavy atom. The third-order valence-corrected chi connectivity index (χ3v) is 7.33. The number of hydrogen-bond acceptors (Lipinski definition) is 6. The zero-order valence-electron chi connectivity index (χ0n) is 19.6. The van der Waals surface area contributed by atoms with Crippen LogP contribution in [-0.4, -0.2) is 17.1 Å². The maximum Gasteiger partial charge on any atom is 0.338 e. The first-order valence-corrected chi connectivity index (χ1v) is 12.8. The van der Waals surface area contributed by atoms with Crippen LogP contribution >= 0.6 is 34.5 Å². The largest absolute Gasteiger partial charge is 0.463 e. The molecule has 1 atom stereocenters. The van der Waals surface area contributed by atoms with Crippen molar-refractivity contribution in [2.45, 2.75) is 19.9 Å². The maximum atomic E-state index is 13.7. The standard InChI is InChI=1S/C27H19Cl2FN2O4S/c1-3-35-26(34)23-14(2)31-27-32(24(23)15-4-7-17(30)8-5-15)25(33)22(37-27)13-18-9-11-21(36-18)19-10-6-16(28)12-20(19)29/h4-13,24H,3H2,1-2H3/b22-13-/t24-/m0/s1. The van der Waals surface area contributed by atoms with Crippen LogP contribution in [0.4, 0.5) is 4.39 Å².